The highest BCUT2D eigenvalue weighted by molar-refractivity contribution is 5.95. The van der Waals surface area contributed by atoms with Crippen LogP contribution in [-0.4, -0.2) is 44.9 Å². The van der Waals surface area contributed by atoms with E-state index in [-0.39, 0.29) is 11.9 Å². The number of hydrogen-bond donors (Lipinski definition) is 2. The van der Waals surface area contributed by atoms with E-state index >= 15 is 0 Å². The van der Waals surface area contributed by atoms with E-state index in [9.17, 15) is 4.79 Å². The fraction of sp³-hybridized carbons (Fsp3) is 0.250. The van der Waals surface area contributed by atoms with Crippen LogP contribution in [0.2, 0.25) is 0 Å². The van der Waals surface area contributed by atoms with E-state index in [1.54, 1.807) is 6.20 Å². The highest BCUT2D eigenvalue weighted by Gasteiger charge is 2.22. The van der Waals surface area contributed by atoms with Gasteiger partial charge in [0.05, 0.1) is 11.9 Å². The van der Waals surface area contributed by atoms with Crippen LogP contribution in [0.1, 0.15) is 12.8 Å². The van der Waals surface area contributed by atoms with Crippen molar-refractivity contribution in [1.82, 2.24) is 19.9 Å². The topological polar surface area (TPSA) is 73.9 Å². The molecule has 0 radical (unpaired) electrons. The number of hydrogen-bond acceptors (Lipinski definition) is 4. The second-order valence-electron chi connectivity index (χ2n) is 6.54. The molecule has 0 aliphatic carbocycles. The van der Waals surface area contributed by atoms with Crippen LogP contribution in [0.25, 0.3) is 22.2 Å². The van der Waals surface area contributed by atoms with E-state index in [4.69, 9.17) is 0 Å². The van der Waals surface area contributed by atoms with Crippen LogP contribution in [0.5, 0.6) is 0 Å². The van der Waals surface area contributed by atoms with Crippen LogP contribution in [0, 0.1) is 0 Å². The number of carbonyl (C=O) groups excluding carboxylic acids is 1. The third kappa shape index (κ3) is 3.18. The molecular formula is C20H21N5O. The van der Waals surface area contributed by atoms with Crippen molar-refractivity contribution >= 4 is 22.6 Å². The largest absolute Gasteiger partial charge is 0.379 e. The van der Waals surface area contributed by atoms with Gasteiger partial charge in [0, 0.05) is 54.2 Å². The Morgan fingerprint density at radius 2 is 2.35 bits per heavy atom. The molecule has 6 nitrogen and oxygen atoms in total. The molecule has 4 rings (SSSR count). The monoisotopic (exact) mass is 347 g/mol. The molecule has 2 N–H and O–H groups in total. The van der Waals surface area contributed by atoms with E-state index < -0.39 is 0 Å². The van der Waals surface area contributed by atoms with Gasteiger partial charge in [0.15, 0.2) is 0 Å². The van der Waals surface area contributed by atoms with E-state index in [0.29, 0.717) is 6.54 Å². The van der Waals surface area contributed by atoms with Gasteiger partial charge in [0.25, 0.3) is 0 Å². The molecule has 1 atom stereocenters. The van der Waals surface area contributed by atoms with Crippen LogP contribution in [-0.2, 0) is 4.79 Å². The summed E-state index contributed by atoms with van der Waals surface area (Å²) in [7, 11) is 0. The van der Waals surface area contributed by atoms with Crippen molar-refractivity contribution in [3.05, 3.63) is 55.6 Å². The Morgan fingerprint density at radius 3 is 3.15 bits per heavy atom. The number of nitrogens with zero attached hydrogens (tertiary/aromatic N) is 3. The molecule has 26 heavy (non-hydrogen) atoms. The predicted octanol–water partition coefficient (Wildman–Crippen LogP) is 3.21. The molecule has 0 bridgehead atoms. The number of nitrogens with one attached hydrogen (secondary N) is 2. The molecule has 3 aromatic rings. The number of carbonyl (C=O) groups is 1. The summed E-state index contributed by atoms with van der Waals surface area (Å²) in [5.41, 5.74) is 3.94. The van der Waals surface area contributed by atoms with Crippen LogP contribution in [0.4, 0.5) is 5.69 Å². The first-order chi connectivity index (χ1) is 12.7. The number of piperidine rings is 1. The van der Waals surface area contributed by atoms with Crippen molar-refractivity contribution in [2.45, 2.75) is 18.9 Å². The van der Waals surface area contributed by atoms with Gasteiger partial charge in [-0.25, -0.2) is 4.98 Å². The van der Waals surface area contributed by atoms with Gasteiger partial charge in [0.2, 0.25) is 5.91 Å². The number of aromatic amines is 1. The first kappa shape index (κ1) is 16.3. The lowest BCUT2D eigenvalue weighted by molar-refractivity contribution is -0.127. The third-order valence-corrected chi connectivity index (χ3v) is 4.78. The molecule has 132 valence electrons. The molecule has 1 saturated heterocycles. The highest BCUT2D eigenvalue weighted by atomic mass is 16.2. The molecule has 1 amide bonds. The fourth-order valence-electron chi connectivity index (χ4n) is 3.50. The normalized spacial score (nSPS) is 17.2. The smallest absolute Gasteiger partial charge is 0.246 e. The van der Waals surface area contributed by atoms with Crippen LogP contribution >= 0.6 is 0 Å². The van der Waals surface area contributed by atoms with Crippen molar-refractivity contribution < 1.29 is 4.79 Å². The molecule has 1 aliphatic heterocycles. The van der Waals surface area contributed by atoms with Crippen molar-refractivity contribution in [2.75, 3.05) is 18.4 Å². The number of rotatable bonds is 4. The lowest BCUT2D eigenvalue weighted by Crippen LogP contribution is -2.44. The van der Waals surface area contributed by atoms with Crippen LogP contribution in [0.3, 0.4) is 0 Å². The number of pyridine rings is 2. The molecule has 4 heterocycles. The fourth-order valence-corrected chi connectivity index (χ4v) is 3.50. The Labute approximate surface area is 152 Å². The first-order valence-corrected chi connectivity index (χ1v) is 8.80. The van der Waals surface area contributed by atoms with Gasteiger partial charge < -0.3 is 15.2 Å². The predicted molar refractivity (Wildman–Crippen MR) is 103 cm³/mol. The molecule has 1 fully saturated rings. The summed E-state index contributed by atoms with van der Waals surface area (Å²) in [5.74, 6) is -0.00502. The summed E-state index contributed by atoms with van der Waals surface area (Å²) in [5, 5.41) is 4.58. The summed E-state index contributed by atoms with van der Waals surface area (Å²) in [6.45, 7) is 5.06. The first-order valence-electron chi connectivity index (χ1n) is 8.80. The Morgan fingerprint density at radius 1 is 1.42 bits per heavy atom. The lowest BCUT2D eigenvalue weighted by Gasteiger charge is -2.33. The van der Waals surface area contributed by atoms with E-state index in [1.807, 2.05) is 35.6 Å². The second kappa shape index (κ2) is 7.00. The van der Waals surface area contributed by atoms with E-state index in [0.717, 1.165) is 47.2 Å². The van der Waals surface area contributed by atoms with Crippen LogP contribution in [0.15, 0.2) is 55.6 Å². The maximum Gasteiger partial charge on any atom is 0.246 e. The number of anilines is 1. The Balaban J connectivity index is 1.58. The minimum absolute atomic E-state index is 0.00502. The lowest BCUT2D eigenvalue weighted by atomic mass is 10.0. The maximum absolute atomic E-state index is 11.9. The summed E-state index contributed by atoms with van der Waals surface area (Å²) in [4.78, 5) is 25.7. The van der Waals surface area contributed by atoms with Gasteiger partial charge in [-0.05, 0) is 31.1 Å². The molecule has 0 spiro atoms. The second-order valence-corrected chi connectivity index (χ2v) is 6.54. The quantitative estimate of drug-likeness (QED) is 0.711. The average Bonchev–Trinajstić information content (AvgIpc) is 3.11. The zero-order valence-electron chi connectivity index (χ0n) is 14.5. The standard InChI is InChI=1S/C20H21N5O/c1-2-19(26)25-8-4-6-15(13-25)24-16-9-17-18(12-23-20(17)22-11-16)14-5-3-7-21-10-14/h2-3,5,7,9-12,15,24H,1,4,6,8,13H2,(H,22,23)/t15-/m0/s1. The Hall–Kier alpha value is -3.15. The van der Waals surface area contributed by atoms with Crippen molar-refractivity contribution in [3.8, 4) is 11.1 Å². The van der Waals surface area contributed by atoms with Gasteiger partial charge in [-0.2, -0.15) is 0 Å². The number of likely N-dealkylation sites (tertiary alicyclic amines) is 1. The van der Waals surface area contributed by atoms with Gasteiger partial charge in [-0.15, -0.1) is 0 Å². The van der Waals surface area contributed by atoms with E-state index in [1.165, 1.54) is 6.08 Å². The summed E-state index contributed by atoms with van der Waals surface area (Å²) in [6.07, 6.45) is 10.8. The van der Waals surface area contributed by atoms with Crippen LogP contribution < -0.4 is 5.32 Å². The number of amides is 1. The van der Waals surface area contributed by atoms with Crippen molar-refractivity contribution in [3.63, 3.8) is 0 Å². The van der Waals surface area contributed by atoms with Crippen molar-refractivity contribution in [1.29, 1.82) is 0 Å². The number of H-pyrrole nitrogens is 1. The molecule has 6 heteroatoms. The zero-order chi connectivity index (χ0) is 17.9. The van der Waals surface area contributed by atoms with Gasteiger partial charge in [-0.3, -0.25) is 9.78 Å². The van der Waals surface area contributed by atoms with Gasteiger partial charge >= 0.3 is 0 Å². The Kier molecular flexibility index (Phi) is 4.39. The minimum Gasteiger partial charge on any atom is -0.379 e. The summed E-state index contributed by atoms with van der Waals surface area (Å²) in [6, 6.07) is 6.29. The molecule has 3 aromatic heterocycles. The van der Waals surface area contributed by atoms with Gasteiger partial charge in [-0.1, -0.05) is 12.6 Å². The molecule has 1 aliphatic rings. The minimum atomic E-state index is -0.00502. The average molecular weight is 347 g/mol. The summed E-state index contributed by atoms with van der Waals surface area (Å²) >= 11 is 0. The van der Waals surface area contributed by atoms with E-state index in [2.05, 4.69) is 32.9 Å². The third-order valence-electron chi connectivity index (χ3n) is 4.78. The highest BCUT2D eigenvalue weighted by Crippen LogP contribution is 2.29. The molecule has 0 saturated carbocycles. The Bertz CT molecular complexity index is 934. The maximum atomic E-state index is 11.9. The number of fused-ring (bicyclic) bond motifs is 1. The SMILES string of the molecule is C=CC(=O)N1CCC[C@H](Nc2cnc3[nH]cc(-c4cccnc4)c3c2)C1. The molecule has 0 aromatic carbocycles. The summed E-state index contributed by atoms with van der Waals surface area (Å²) < 4.78 is 0. The molecule has 0 unspecified atom stereocenters. The molecular weight excluding hydrogens is 326 g/mol. The number of aromatic nitrogens is 3. The van der Waals surface area contributed by atoms with Crippen molar-refractivity contribution in [2.24, 2.45) is 0 Å². The zero-order valence-corrected chi connectivity index (χ0v) is 14.5. The van der Waals surface area contributed by atoms with Gasteiger partial charge in [0.1, 0.15) is 5.65 Å².